The molecule has 0 N–H and O–H groups in total. The molecule has 0 spiro atoms. The molecule has 3 aromatic heterocycles. The zero-order valence-corrected chi connectivity index (χ0v) is 19.0. The molecular weight excluding hydrogens is 424 g/mol. The molecule has 1 aromatic carbocycles. The number of ether oxygens (including phenoxy) is 1. The Balaban J connectivity index is 1.39. The second kappa shape index (κ2) is 8.67. The van der Waals surface area contributed by atoms with Gasteiger partial charge in [-0.05, 0) is 43.2 Å². The van der Waals surface area contributed by atoms with Crippen LogP contribution in [-0.2, 0) is 0 Å². The molecule has 1 aliphatic heterocycles. The van der Waals surface area contributed by atoms with E-state index in [1.807, 2.05) is 31.3 Å². The first kappa shape index (κ1) is 20.6. The van der Waals surface area contributed by atoms with Crippen LogP contribution in [0.15, 0.2) is 55.1 Å². The van der Waals surface area contributed by atoms with Crippen molar-refractivity contribution in [1.29, 1.82) is 0 Å². The van der Waals surface area contributed by atoms with Crippen molar-refractivity contribution >= 4 is 28.9 Å². The van der Waals surface area contributed by atoms with Gasteiger partial charge in [-0.3, -0.25) is 0 Å². The lowest BCUT2D eigenvalue weighted by molar-refractivity contribution is 0.415. The minimum Gasteiger partial charge on any atom is -0.495 e. The first-order valence-corrected chi connectivity index (χ1v) is 11.1. The van der Waals surface area contributed by atoms with E-state index < -0.39 is 0 Å². The summed E-state index contributed by atoms with van der Waals surface area (Å²) in [5.41, 5.74) is 5.07. The van der Waals surface area contributed by atoms with Gasteiger partial charge < -0.3 is 18.9 Å². The Morgan fingerprint density at radius 3 is 2.59 bits per heavy atom. The van der Waals surface area contributed by atoms with Crippen molar-refractivity contribution in [2.24, 2.45) is 0 Å². The molecule has 1 saturated heterocycles. The maximum absolute atomic E-state index is 6.37. The molecule has 1 aliphatic rings. The van der Waals surface area contributed by atoms with Crippen molar-refractivity contribution in [1.82, 2.24) is 19.4 Å². The van der Waals surface area contributed by atoms with E-state index in [4.69, 9.17) is 21.3 Å². The summed E-state index contributed by atoms with van der Waals surface area (Å²) in [5.74, 6) is 1.48. The Labute approximate surface area is 192 Å². The van der Waals surface area contributed by atoms with Crippen LogP contribution in [0.3, 0.4) is 0 Å². The summed E-state index contributed by atoms with van der Waals surface area (Å²) in [7, 11) is 1.63. The van der Waals surface area contributed by atoms with Crippen molar-refractivity contribution < 1.29 is 4.74 Å². The Morgan fingerprint density at radius 2 is 1.78 bits per heavy atom. The number of nitrogens with zero attached hydrogens (tertiary/aromatic N) is 6. The molecule has 4 aromatic rings. The van der Waals surface area contributed by atoms with E-state index in [2.05, 4.69) is 42.5 Å². The first-order chi connectivity index (χ1) is 15.6. The second-order valence-corrected chi connectivity index (χ2v) is 8.36. The van der Waals surface area contributed by atoms with Gasteiger partial charge in [-0.25, -0.2) is 15.0 Å². The topological polar surface area (TPSA) is 58.8 Å². The summed E-state index contributed by atoms with van der Waals surface area (Å²) >= 11 is 6.37. The van der Waals surface area contributed by atoms with E-state index in [1.165, 1.54) is 5.69 Å². The third kappa shape index (κ3) is 3.96. The van der Waals surface area contributed by atoms with E-state index in [-0.39, 0.29) is 0 Å². The molecule has 1 fully saturated rings. The molecule has 0 radical (unpaired) electrons. The summed E-state index contributed by atoms with van der Waals surface area (Å²) < 4.78 is 7.38. The van der Waals surface area contributed by atoms with Crippen LogP contribution in [0.1, 0.15) is 12.0 Å². The van der Waals surface area contributed by atoms with Gasteiger partial charge in [0.05, 0.1) is 17.8 Å². The largest absolute Gasteiger partial charge is 0.495 e. The van der Waals surface area contributed by atoms with Crippen molar-refractivity contribution in [3.8, 4) is 17.0 Å². The average molecular weight is 449 g/mol. The molecule has 7 nitrogen and oxygen atoms in total. The van der Waals surface area contributed by atoms with Crippen molar-refractivity contribution in [3.05, 3.63) is 65.7 Å². The van der Waals surface area contributed by atoms with Crippen molar-refractivity contribution in [2.45, 2.75) is 13.3 Å². The number of rotatable bonds is 4. The Bertz CT molecular complexity index is 1240. The SMILES string of the molecule is COc1cc(C)c(-c2cn3ccc(N4CCCN(c5ncccn5)CC4)cc3n2)cc1Cl. The highest BCUT2D eigenvalue weighted by Gasteiger charge is 2.18. The quantitative estimate of drug-likeness (QED) is 0.459. The lowest BCUT2D eigenvalue weighted by atomic mass is 10.1. The average Bonchev–Trinajstić information content (AvgIpc) is 3.08. The van der Waals surface area contributed by atoms with Crippen LogP contribution < -0.4 is 14.5 Å². The predicted molar refractivity (Wildman–Crippen MR) is 128 cm³/mol. The highest BCUT2D eigenvalue weighted by molar-refractivity contribution is 6.32. The van der Waals surface area contributed by atoms with Crippen LogP contribution in [0.4, 0.5) is 11.6 Å². The molecular formula is C24H25ClN6O. The fourth-order valence-electron chi connectivity index (χ4n) is 4.22. The number of aromatic nitrogens is 4. The van der Waals surface area contributed by atoms with E-state index in [0.717, 1.165) is 61.0 Å². The van der Waals surface area contributed by atoms with Gasteiger partial charge >= 0.3 is 0 Å². The fourth-order valence-corrected chi connectivity index (χ4v) is 4.46. The van der Waals surface area contributed by atoms with Crippen LogP contribution in [-0.4, -0.2) is 52.6 Å². The minimum atomic E-state index is 0.586. The van der Waals surface area contributed by atoms with Gasteiger partial charge in [0.2, 0.25) is 5.95 Å². The molecule has 0 saturated carbocycles. The molecule has 0 unspecified atom stereocenters. The predicted octanol–water partition coefficient (Wildman–Crippen LogP) is 4.48. The highest BCUT2D eigenvalue weighted by Crippen LogP contribution is 2.33. The fraction of sp³-hybridized carbons (Fsp3) is 0.292. The van der Waals surface area contributed by atoms with E-state index in [0.29, 0.717) is 10.8 Å². The number of benzene rings is 1. The molecule has 0 atom stereocenters. The van der Waals surface area contributed by atoms with Gasteiger partial charge in [-0.1, -0.05) is 11.6 Å². The Hall–Kier alpha value is -3.32. The van der Waals surface area contributed by atoms with Crippen LogP contribution in [0, 0.1) is 6.92 Å². The van der Waals surface area contributed by atoms with Crippen LogP contribution in [0.2, 0.25) is 5.02 Å². The first-order valence-electron chi connectivity index (χ1n) is 10.7. The number of methoxy groups -OCH3 is 1. The Kier molecular flexibility index (Phi) is 5.57. The van der Waals surface area contributed by atoms with E-state index in [1.54, 1.807) is 19.5 Å². The number of imidazole rings is 1. The van der Waals surface area contributed by atoms with Gasteiger partial charge in [0.1, 0.15) is 11.4 Å². The molecule has 0 aliphatic carbocycles. The van der Waals surface area contributed by atoms with Gasteiger partial charge in [0, 0.05) is 68.3 Å². The summed E-state index contributed by atoms with van der Waals surface area (Å²) in [6.07, 6.45) is 8.76. The lowest BCUT2D eigenvalue weighted by Crippen LogP contribution is -2.31. The monoisotopic (exact) mass is 448 g/mol. The molecule has 5 rings (SSSR count). The van der Waals surface area contributed by atoms with E-state index in [9.17, 15) is 0 Å². The summed E-state index contributed by atoms with van der Waals surface area (Å²) in [6, 6.07) is 10.0. The van der Waals surface area contributed by atoms with Crippen molar-refractivity contribution in [3.63, 3.8) is 0 Å². The third-order valence-corrected chi connectivity index (χ3v) is 6.21. The second-order valence-electron chi connectivity index (χ2n) is 7.95. The molecule has 0 amide bonds. The number of halogens is 1. The molecule has 4 heterocycles. The number of anilines is 2. The molecule has 8 heteroatoms. The smallest absolute Gasteiger partial charge is 0.225 e. The Morgan fingerprint density at radius 1 is 1.00 bits per heavy atom. The van der Waals surface area contributed by atoms with Gasteiger partial charge in [0.25, 0.3) is 0 Å². The molecule has 164 valence electrons. The van der Waals surface area contributed by atoms with Gasteiger partial charge in [-0.2, -0.15) is 0 Å². The van der Waals surface area contributed by atoms with E-state index >= 15 is 0 Å². The number of hydrogen-bond donors (Lipinski definition) is 0. The molecule has 0 bridgehead atoms. The summed E-state index contributed by atoms with van der Waals surface area (Å²) in [4.78, 5) is 18.4. The van der Waals surface area contributed by atoms with Gasteiger partial charge in [0.15, 0.2) is 0 Å². The standard InChI is InChI=1S/C24H25ClN6O/c1-17-13-22(32-2)20(25)15-19(17)21-16-31-10-5-18(14-23(31)28-21)29-8-4-9-30(12-11-29)24-26-6-3-7-27-24/h3,5-7,10,13-16H,4,8-9,11-12H2,1-2H3. The number of pyridine rings is 1. The summed E-state index contributed by atoms with van der Waals surface area (Å²) in [6.45, 7) is 5.78. The normalized spacial score (nSPS) is 14.6. The van der Waals surface area contributed by atoms with Crippen LogP contribution in [0.25, 0.3) is 16.9 Å². The third-order valence-electron chi connectivity index (χ3n) is 5.91. The van der Waals surface area contributed by atoms with Crippen LogP contribution in [0.5, 0.6) is 5.75 Å². The number of hydrogen-bond acceptors (Lipinski definition) is 6. The van der Waals surface area contributed by atoms with Crippen molar-refractivity contribution in [2.75, 3.05) is 43.1 Å². The summed E-state index contributed by atoms with van der Waals surface area (Å²) in [5, 5.41) is 0.586. The lowest BCUT2D eigenvalue weighted by Gasteiger charge is -2.23. The minimum absolute atomic E-state index is 0.586. The van der Waals surface area contributed by atoms with Gasteiger partial charge in [-0.15, -0.1) is 0 Å². The maximum Gasteiger partial charge on any atom is 0.225 e. The zero-order valence-electron chi connectivity index (χ0n) is 18.2. The maximum atomic E-state index is 6.37. The highest BCUT2D eigenvalue weighted by atomic mass is 35.5. The van der Waals surface area contributed by atoms with Crippen LogP contribution >= 0.6 is 11.6 Å². The molecule has 32 heavy (non-hydrogen) atoms. The zero-order chi connectivity index (χ0) is 22.1. The number of aryl methyl sites for hydroxylation is 1. The number of fused-ring (bicyclic) bond motifs is 1.